The average Bonchev–Trinajstić information content (AvgIpc) is 2.74. The number of rotatable bonds is 2. The van der Waals surface area contributed by atoms with Crippen molar-refractivity contribution in [3.8, 4) is 18.6 Å². The molecule has 2 aromatic carbocycles. The first-order valence-electron chi connectivity index (χ1n) is 7.43. The maximum atomic E-state index is 5.80. The number of terminal acetylenes is 1. The fourth-order valence-electron chi connectivity index (χ4n) is 2.41. The van der Waals surface area contributed by atoms with E-state index < -0.39 is 0 Å². The molecule has 0 fully saturated rings. The average molecular weight is 367 g/mol. The van der Waals surface area contributed by atoms with Crippen LogP contribution in [0.4, 0.5) is 0 Å². The lowest BCUT2D eigenvalue weighted by molar-refractivity contribution is 0.360. The number of fused-ring (bicyclic) bond motifs is 1. The number of benzene rings is 2. The van der Waals surface area contributed by atoms with Crippen molar-refractivity contribution in [3.05, 3.63) is 83.4 Å². The van der Waals surface area contributed by atoms with Gasteiger partial charge in [0.1, 0.15) is 12.4 Å². The fourth-order valence-corrected chi connectivity index (χ4v) is 2.79. The smallest absolute Gasteiger partial charge is 0.123 e. The lowest BCUT2D eigenvalue weighted by atomic mass is 10.0. The Morgan fingerprint density at radius 3 is 2.48 bits per heavy atom. The molecule has 0 saturated carbocycles. The molecule has 2 heteroatoms. The number of hydrogen-bond donors (Lipinski definition) is 0. The largest absolute Gasteiger partial charge is 0.489 e. The van der Waals surface area contributed by atoms with Crippen molar-refractivity contribution in [2.75, 3.05) is 6.61 Å². The first-order chi connectivity index (χ1) is 11.4. The van der Waals surface area contributed by atoms with Crippen LogP contribution in [-0.2, 0) is 11.8 Å². The first kappa shape index (κ1) is 17.1. The van der Waals surface area contributed by atoms with Gasteiger partial charge < -0.3 is 4.74 Å². The molecule has 0 spiro atoms. The van der Waals surface area contributed by atoms with Gasteiger partial charge in [0.2, 0.25) is 0 Å². The summed E-state index contributed by atoms with van der Waals surface area (Å²) in [6.07, 6.45) is 15.4. The zero-order valence-corrected chi connectivity index (χ0v) is 14.5. The molecule has 1 aliphatic heterocycles. The second kappa shape index (κ2) is 9.02. The third-order valence-electron chi connectivity index (χ3n) is 3.59. The molecular weight excluding hydrogens is 348 g/mol. The first-order valence-corrected chi connectivity index (χ1v) is 8.55. The summed E-state index contributed by atoms with van der Waals surface area (Å²) in [6.45, 7) is 0.605. The number of ether oxygens (including phenoxy) is 1. The number of halogens is 1. The van der Waals surface area contributed by atoms with Crippen LogP contribution in [-0.4, -0.2) is 6.61 Å². The highest BCUT2D eigenvalue weighted by Gasteiger charge is 2.05. The summed E-state index contributed by atoms with van der Waals surface area (Å²) < 4.78 is 5.80. The van der Waals surface area contributed by atoms with Crippen molar-refractivity contribution in [1.82, 2.24) is 0 Å². The van der Waals surface area contributed by atoms with Gasteiger partial charge in [-0.3, -0.25) is 0 Å². The van der Waals surface area contributed by atoms with Gasteiger partial charge in [0, 0.05) is 5.33 Å². The number of para-hydroxylation sites is 1. The minimum Gasteiger partial charge on any atom is -0.489 e. The standard InChI is InChI=1S/C19H17BrO.C2H2/c20-14-15-7-9-17(10-8-15)16-5-3-13-21-19-6-2-1-4-18(19)12-11-16;1-2/h1-11H,12-14H2;1-2H/b5-3-,16-11+;. The molecule has 3 rings (SSSR count). The summed E-state index contributed by atoms with van der Waals surface area (Å²) in [7, 11) is 0. The van der Waals surface area contributed by atoms with Crippen molar-refractivity contribution in [2.45, 2.75) is 11.8 Å². The van der Waals surface area contributed by atoms with Crippen LogP contribution in [0, 0.1) is 12.8 Å². The topological polar surface area (TPSA) is 9.23 Å². The van der Waals surface area contributed by atoms with Gasteiger partial charge in [-0.25, -0.2) is 0 Å². The third-order valence-corrected chi connectivity index (χ3v) is 4.24. The van der Waals surface area contributed by atoms with Crippen LogP contribution >= 0.6 is 15.9 Å². The van der Waals surface area contributed by atoms with Crippen LogP contribution in [0.3, 0.4) is 0 Å². The van der Waals surface area contributed by atoms with Crippen LogP contribution in [0.2, 0.25) is 0 Å². The second-order valence-corrected chi connectivity index (χ2v) is 5.58. The van der Waals surface area contributed by atoms with Gasteiger partial charge in [-0.15, -0.1) is 12.8 Å². The van der Waals surface area contributed by atoms with E-state index in [1.807, 2.05) is 12.1 Å². The number of alkyl halides is 1. The Morgan fingerprint density at radius 1 is 1.00 bits per heavy atom. The Morgan fingerprint density at radius 2 is 1.74 bits per heavy atom. The highest BCUT2D eigenvalue weighted by molar-refractivity contribution is 9.08. The minimum absolute atomic E-state index is 0.605. The van der Waals surface area contributed by atoms with Gasteiger partial charge in [0.25, 0.3) is 0 Å². The molecule has 0 unspecified atom stereocenters. The predicted octanol–water partition coefficient (Wildman–Crippen LogP) is 5.41. The highest BCUT2D eigenvalue weighted by Crippen LogP contribution is 2.24. The molecule has 0 amide bonds. The van der Waals surface area contributed by atoms with Gasteiger partial charge >= 0.3 is 0 Å². The summed E-state index contributed by atoms with van der Waals surface area (Å²) in [4.78, 5) is 0. The molecule has 23 heavy (non-hydrogen) atoms. The van der Waals surface area contributed by atoms with Crippen molar-refractivity contribution in [2.24, 2.45) is 0 Å². The quantitative estimate of drug-likeness (QED) is 0.510. The molecule has 0 saturated heterocycles. The maximum Gasteiger partial charge on any atom is 0.123 e. The lowest BCUT2D eigenvalue weighted by Gasteiger charge is -2.07. The molecule has 0 bridgehead atoms. The molecule has 1 nitrogen and oxygen atoms in total. The Balaban J connectivity index is 0.000000924. The monoisotopic (exact) mass is 366 g/mol. The van der Waals surface area contributed by atoms with Gasteiger partial charge in [-0.2, -0.15) is 0 Å². The van der Waals surface area contributed by atoms with E-state index in [0.717, 1.165) is 17.5 Å². The normalized spacial score (nSPS) is 16.7. The van der Waals surface area contributed by atoms with Crippen LogP contribution in [0.15, 0.2) is 66.8 Å². The van der Waals surface area contributed by atoms with Crippen LogP contribution in [0.1, 0.15) is 16.7 Å². The SMILES string of the molecule is BrCc1ccc(C2=C/Cc3ccccc3OC/C=C\2)cc1.C#C. The molecular formula is C21H19BrO. The summed E-state index contributed by atoms with van der Waals surface area (Å²) in [5.41, 5.74) is 5.02. The summed E-state index contributed by atoms with van der Waals surface area (Å²) >= 11 is 3.48. The molecule has 0 aliphatic carbocycles. The van der Waals surface area contributed by atoms with Gasteiger partial charge in [-0.05, 0) is 40.8 Å². The van der Waals surface area contributed by atoms with Gasteiger partial charge in [0.05, 0.1) is 0 Å². The highest BCUT2D eigenvalue weighted by atomic mass is 79.9. The van der Waals surface area contributed by atoms with Crippen LogP contribution in [0.25, 0.3) is 5.57 Å². The molecule has 116 valence electrons. The predicted molar refractivity (Wildman–Crippen MR) is 102 cm³/mol. The van der Waals surface area contributed by atoms with Crippen molar-refractivity contribution in [1.29, 1.82) is 0 Å². The molecule has 0 atom stereocenters. The van der Waals surface area contributed by atoms with E-state index in [2.05, 4.69) is 83.4 Å². The molecule has 1 heterocycles. The van der Waals surface area contributed by atoms with E-state index in [-0.39, 0.29) is 0 Å². The second-order valence-electron chi connectivity index (χ2n) is 5.02. The Hall–Kier alpha value is -2.24. The Labute approximate surface area is 146 Å². The van der Waals surface area contributed by atoms with E-state index in [9.17, 15) is 0 Å². The molecule has 2 aromatic rings. The zero-order chi connectivity index (χ0) is 16.5. The lowest BCUT2D eigenvalue weighted by Crippen LogP contribution is -1.95. The molecule has 1 aliphatic rings. The van der Waals surface area contributed by atoms with Crippen LogP contribution in [0.5, 0.6) is 5.75 Å². The van der Waals surface area contributed by atoms with Crippen molar-refractivity contribution >= 4 is 21.5 Å². The van der Waals surface area contributed by atoms with Gasteiger partial charge in [-0.1, -0.05) is 70.5 Å². The molecule has 0 radical (unpaired) electrons. The van der Waals surface area contributed by atoms with Crippen molar-refractivity contribution < 1.29 is 4.74 Å². The summed E-state index contributed by atoms with van der Waals surface area (Å²) in [5.74, 6) is 0.981. The maximum absolute atomic E-state index is 5.80. The van der Waals surface area contributed by atoms with E-state index in [4.69, 9.17) is 4.74 Å². The fraction of sp³-hybridized carbons (Fsp3) is 0.143. The Bertz CT molecular complexity index is 708. The van der Waals surface area contributed by atoms with E-state index in [0.29, 0.717) is 6.61 Å². The van der Waals surface area contributed by atoms with E-state index >= 15 is 0 Å². The number of allylic oxidation sites excluding steroid dienone is 3. The van der Waals surface area contributed by atoms with E-state index in [1.54, 1.807) is 0 Å². The molecule has 0 aromatic heterocycles. The number of hydrogen-bond acceptors (Lipinski definition) is 1. The Kier molecular flexibility index (Phi) is 6.72. The zero-order valence-electron chi connectivity index (χ0n) is 12.9. The summed E-state index contributed by atoms with van der Waals surface area (Å²) in [6, 6.07) is 16.9. The molecule has 0 N–H and O–H groups in total. The van der Waals surface area contributed by atoms with Gasteiger partial charge in [0.15, 0.2) is 0 Å². The van der Waals surface area contributed by atoms with Crippen LogP contribution < -0.4 is 4.74 Å². The summed E-state index contributed by atoms with van der Waals surface area (Å²) in [5, 5.41) is 0.892. The van der Waals surface area contributed by atoms with Crippen molar-refractivity contribution in [3.63, 3.8) is 0 Å². The van der Waals surface area contributed by atoms with E-state index in [1.165, 1.54) is 22.3 Å². The minimum atomic E-state index is 0.605. The third kappa shape index (κ3) is 4.61.